The van der Waals surface area contributed by atoms with Crippen molar-refractivity contribution in [3.63, 3.8) is 0 Å². The molecule has 0 spiro atoms. The van der Waals surface area contributed by atoms with Crippen LogP contribution < -0.4 is 14.8 Å². The van der Waals surface area contributed by atoms with Gasteiger partial charge in [-0.2, -0.15) is 0 Å². The highest BCUT2D eigenvalue weighted by molar-refractivity contribution is 7.98. The van der Waals surface area contributed by atoms with Gasteiger partial charge in [-0.25, -0.2) is 9.97 Å². The number of hydrogen-bond donors (Lipinski definition) is 2. The summed E-state index contributed by atoms with van der Waals surface area (Å²) in [4.78, 5) is 23.7. The normalized spacial score (nSPS) is 15.8. The number of nitrogens with zero attached hydrogens (tertiary/aromatic N) is 2. The van der Waals surface area contributed by atoms with Crippen molar-refractivity contribution >= 4 is 34.4 Å². The number of pyridine rings is 2. The van der Waals surface area contributed by atoms with E-state index in [-0.39, 0.29) is 12.0 Å². The van der Waals surface area contributed by atoms with E-state index >= 15 is 0 Å². The summed E-state index contributed by atoms with van der Waals surface area (Å²) in [7, 11) is 0. The van der Waals surface area contributed by atoms with E-state index in [1.807, 2.05) is 24.6 Å². The van der Waals surface area contributed by atoms with Gasteiger partial charge in [-0.05, 0) is 18.2 Å². The number of ether oxygens (including phenoxy) is 2. The Morgan fingerprint density at radius 2 is 2.21 bits per heavy atom. The van der Waals surface area contributed by atoms with Crippen LogP contribution in [0.15, 0.2) is 29.6 Å². The van der Waals surface area contributed by atoms with Crippen LogP contribution in [0.25, 0.3) is 22.2 Å². The third-order valence-corrected chi connectivity index (χ3v) is 5.29. The van der Waals surface area contributed by atoms with E-state index in [4.69, 9.17) is 14.5 Å². The first kappa shape index (κ1) is 18.6. The number of aromatic nitrogens is 3. The highest BCUT2D eigenvalue weighted by Gasteiger charge is 2.28. The minimum atomic E-state index is -0.166. The van der Waals surface area contributed by atoms with Gasteiger partial charge in [0.15, 0.2) is 11.5 Å². The van der Waals surface area contributed by atoms with Gasteiger partial charge in [0, 0.05) is 30.1 Å². The summed E-state index contributed by atoms with van der Waals surface area (Å²) in [6.07, 6.45) is 5.57. The van der Waals surface area contributed by atoms with E-state index in [1.165, 1.54) is 6.92 Å². The average Bonchev–Trinajstić information content (AvgIpc) is 3.09. The van der Waals surface area contributed by atoms with Crippen molar-refractivity contribution in [2.45, 2.75) is 31.9 Å². The zero-order valence-corrected chi connectivity index (χ0v) is 17.0. The quantitative estimate of drug-likeness (QED) is 0.643. The maximum Gasteiger partial charge on any atom is 0.222 e. The Morgan fingerprint density at radius 1 is 1.39 bits per heavy atom. The first-order valence-electron chi connectivity index (χ1n) is 9.10. The van der Waals surface area contributed by atoms with Crippen LogP contribution in [-0.2, 0) is 4.79 Å². The summed E-state index contributed by atoms with van der Waals surface area (Å²) >= 11 is 1.55. The van der Waals surface area contributed by atoms with Crippen molar-refractivity contribution in [1.29, 1.82) is 0 Å². The summed E-state index contributed by atoms with van der Waals surface area (Å²) in [6, 6.07) is 3.76. The topological polar surface area (TPSA) is 89.1 Å². The second kappa shape index (κ2) is 7.35. The predicted octanol–water partition coefficient (Wildman–Crippen LogP) is 4.10. The van der Waals surface area contributed by atoms with E-state index in [9.17, 15) is 4.79 Å². The standard InChI is InChI=1S/C20H22N4O3S/c1-10(2)16-9-26-20-15(27-16)6-18(28-4)24-19(20)13-7-21-14-8-22-17(5-12(13)14)23-11(3)25/h5-8,10,16,21H,9H2,1-4H3,(H,22,23,25). The molecule has 0 radical (unpaired) electrons. The minimum absolute atomic E-state index is 0.0102. The first-order chi connectivity index (χ1) is 13.5. The Kier molecular flexibility index (Phi) is 4.89. The molecule has 3 aromatic heterocycles. The molecule has 146 valence electrons. The molecule has 1 atom stereocenters. The summed E-state index contributed by atoms with van der Waals surface area (Å²) in [5.41, 5.74) is 2.45. The Labute approximate surface area is 167 Å². The zero-order chi connectivity index (χ0) is 19.8. The molecule has 1 unspecified atom stereocenters. The number of carbonyl (C=O) groups excluding carboxylic acids is 1. The summed E-state index contributed by atoms with van der Waals surface area (Å²) in [5, 5.41) is 4.48. The molecule has 4 heterocycles. The number of amides is 1. The van der Waals surface area contributed by atoms with Gasteiger partial charge >= 0.3 is 0 Å². The molecule has 4 rings (SSSR count). The molecular formula is C20H22N4O3S. The number of H-pyrrole nitrogens is 1. The van der Waals surface area contributed by atoms with Gasteiger partial charge in [0.1, 0.15) is 29.2 Å². The highest BCUT2D eigenvalue weighted by atomic mass is 32.2. The minimum Gasteiger partial charge on any atom is -0.484 e. The fraction of sp³-hybridized carbons (Fsp3) is 0.350. The summed E-state index contributed by atoms with van der Waals surface area (Å²) in [5.74, 6) is 2.04. The van der Waals surface area contributed by atoms with Crippen molar-refractivity contribution in [2.75, 3.05) is 18.2 Å². The summed E-state index contributed by atoms with van der Waals surface area (Å²) < 4.78 is 12.3. The molecule has 0 aromatic carbocycles. The lowest BCUT2D eigenvalue weighted by Crippen LogP contribution is -2.33. The van der Waals surface area contributed by atoms with Crippen molar-refractivity contribution in [3.8, 4) is 22.8 Å². The van der Waals surface area contributed by atoms with Crippen LogP contribution in [0.1, 0.15) is 20.8 Å². The van der Waals surface area contributed by atoms with Gasteiger partial charge < -0.3 is 19.8 Å². The Bertz CT molecular complexity index is 1050. The van der Waals surface area contributed by atoms with Gasteiger partial charge in [0.2, 0.25) is 5.91 Å². The van der Waals surface area contributed by atoms with Crippen LogP contribution in [0.5, 0.6) is 11.5 Å². The number of carbonyl (C=O) groups is 1. The molecule has 3 aromatic rings. The molecule has 0 aliphatic carbocycles. The summed E-state index contributed by atoms with van der Waals surface area (Å²) in [6.45, 7) is 6.18. The second-order valence-corrected chi connectivity index (χ2v) is 7.88. The van der Waals surface area contributed by atoms with E-state index in [0.717, 1.165) is 27.2 Å². The number of nitrogens with one attached hydrogen (secondary N) is 2. The van der Waals surface area contributed by atoms with E-state index < -0.39 is 0 Å². The van der Waals surface area contributed by atoms with Crippen molar-refractivity contribution in [2.24, 2.45) is 5.92 Å². The molecular weight excluding hydrogens is 376 g/mol. The van der Waals surface area contributed by atoms with Gasteiger partial charge in [-0.15, -0.1) is 11.8 Å². The van der Waals surface area contributed by atoms with Crippen molar-refractivity contribution in [1.82, 2.24) is 15.0 Å². The number of rotatable bonds is 4. The SMILES string of the molecule is CSc1cc2c(c(-c3c[nH]c4cnc(NC(C)=O)cc34)n1)OCC(C(C)C)O2. The smallest absolute Gasteiger partial charge is 0.222 e. The Hall–Kier alpha value is -2.74. The van der Waals surface area contributed by atoms with Crippen LogP contribution in [0.4, 0.5) is 5.82 Å². The van der Waals surface area contributed by atoms with E-state index in [2.05, 4.69) is 29.1 Å². The highest BCUT2D eigenvalue weighted by Crippen LogP contribution is 2.44. The third-order valence-electron chi connectivity index (χ3n) is 4.66. The van der Waals surface area contributed by atoms with E-state index in [0.29, 0.717) is 29.8 Å². The van der Waals surface area contributed by atoms with Gasteiger partial charge in [-0.1, -0.05) is 13.8 Å². The number of fused-ring (bicyclic) bond motifs is 2. The first-order valence-corrected chi connectivity index (χ1v) is 10.3. The number of hydrogen-bond acceptors (Lipinski definition) is 6. The molecule has 0 saturated heterocycles. The van der Waals surface area contributed by atoms with Crippen LogP contribution in [-0.4, -0.2) is 39.8 Å². The largest absolute Gasteiger partial charge is 0.484 e. The fourth-order valence-electron chi connectivity index (χ4n) is 3.16. The molecule has 0 bridgehead atoms. The van der Waals surface area contributed by atoms with Crippen molar-refractivity contribution in [3.05, 3.63) is 24.5 Å². The number of aromatic amines is 1. The van der Waals surface area contributed by atoms with Crippen LogP contribution in [0, 0.1) is 5.92 Å². The Balaban J connectivity index is 1.85. The third kappa shape index (κ3) is 3.40. The van der Waals surface area contributed by atoms with Crippen LogP contribution >= 0.6 is 11.8 Å². The van der Waals surface area contributed by atoms with Gasteiger partial charge in [-0.3, -0.25) is 4.79 Å². The molecule has 1 aliphatic heterocycles. The van der Waals surface area contributed by atoms with Gasteiger partial charge in [0.25, 0.3) is 0 Å². The maximum absolute atomic E-state index is 11.4. The maximum atomic E-state index is 11.4. The molecule has 1 aliphatic rings. The zero-order valence-electron chi connectivity index (χ0n) is 16.2. The van der Waals surface area contributed by atoms with Crippen molar-refractivity contribution < 1.29 is 14.3 Å². The number of anilines is 1. The molecule has 1 amide bonds. The molecule has 2 N–H and O–H groups in total. The lowest BCUT2D eigenvalue weighted by molar-refractivity contribution is -0.114. The lowest BCUT2D eigenvalue weighted by atomic mass is 10.1. The molecule has 0 saturated carbocycles. The van der Waals surface area contributed by atoms with Gasteiger partial charge in [0.05, 0.1) is 11.7 Å². The lowest BCUT2D eigenvalue weighted by Gasteiger charge is -2.30. The number of thioether (sulfide) groups is 1. The molecule has 7 nitrogen and oxygen atoms in total. The second-order valence-electron chi connectivity index (χ2n) is 7.05. The molecule has 8 heteroatoms. The Morgan fingerprint density at radius 3 is 2.93 bits per heavy atom. The van der Waals surface area contributed by atoms with Crippen LogP contribution in [0.2, 0.25) is 0 Å². The molecule has 0 fully saturated rings. The average molecular weight is 398 g/mol. The predicted molar refractivity (Wildman–Crippen MR) is 110 cm³/mol. The fourth-order valence-corrected chi connectivity index (χ4v) is 3.57. The van der Waals surface area contributed by atoms with Crippen LogP contribution in [0.3, 0.4) is 0 Å². The molecule has 28 heavy (non-hydrogen) atoms. The monoisotopic (exact) mass is 398 g/mol. The van der Waals surface area contributed by atoms with E-state index in [1.54, 1.807) is 18.0 Å².